The Morgan fingerprint density at radius 1 is 1.11 bits per heavy atom. The molecule has 1 unspecified atom stereocenters. The van der Waals surface area contributed by atoms with Crippen LogP contribution in [0.3, 0.4) is 0 Å². The fourth-order valence-electron chi connectivity index (χ4n) is 2.29. The van der Waals surface area contributed by atoms with Crippen LogP contribution in [0.1, 0.15) is 13.8 Å². The standard InChI is InChI=1S/C13H26N4O2/c1-10(2)11(9-14)12(18)16-5-7-17(8-6-16)13(19)15(3)4/h10-11H,5-9,14H2,1-4H3. The zero-order chi connectivity index (χ0) is 14.6. The Morgan fingerprint density at radius 2 is 1.58 bits per heavy atom. The first-order chi connectivity index (χ1) is 8.88. The molecule has 1 aliphatic rings. The molecule has 2 N–H and O–H groups in total. The van der Waals surface area contributed by atoms with E-state index >= 15 is 0 Å². The van der Waals surface area contributed by atoms with Gasteiger partial charge in [-0.3, -0.25) is 4.79 Å². The molecule has 6 nitrogen and oxygen atoms in total. The monoisotopic (exact) mass is 270 g/mol. The van der Waals surface area contributed by atoms with E-state index in [1.807, 2.05) is 18.7 Å². The van der Waals surface area contributed by atoms with E-state index in [9.17, 15) is 9.59 Å². The molecule has 0 aromatic heterocycles. The highest BCUT2D eigenvalue weighted by Crippen LogP contribution is 2.15. The second-order valence-corrected chi connectivity index (χ2v) is 5.58. The van der Waals surface area contributed by atoms with Gasteiger partial charge in [-0.2, -0.15) is 0 Å². The number of carbonyl (C=O) groups excluding carboxylic acids is 2. The van der Waals surface area contributed by atoms with Crippen LogP contribution in [0.25, 0.3) is 0 Å². The third-order valence-electron chi connectivity index (χ3n) is 3.62. The van der Waals surface area contributed by atoms with Crippen LogP contribution in [0.4, 0.5) is 4.79 Å². The summed E-state index contributed by atoms with van der Waals surface area (Å²) in [6.45, 7) is 6.80. The predicted octanol–water partition coefficient (Wildman–Crippen LogP) is 0.0431. The van der Waals surface area contributed by atoms with E-state index in [1.54, 1.807) is 23.9 Å². The van der Waals surface area contributed by atoms with E-state index in [0.29, 0.717) is 32.7 Å². The van der Waals surface area contributed by atoms with Crippen molar-refractivity contribution in [2.24, 2.45) is 17.6 Å². The number of rotatable bonds is 3. The van der Waals surface area contributed by atoms with Crippen LogP contribution in [-0.4, -0.2) is 73.5 Å². The minimum absolute atomic E-state index is 0.00586. The SMILES string of the molecule is CC(C)C(CN)C(=O)N1CCN(C(=O)N(C)C)CC1. The molecule has 0 radical (unpaired) electrons. The van der Waals surface area contributed by atoms with Gasteiger partial charge in [-0.15, -0.1) is 0 Å². The number of amides is 3. The first-order valence-electron chi connectivity index (χ1n) is 6.83. The summed E-state index contributed by atoms with van der Waals surface area (Å²) in [6, 6.07) is 0.00586. The van der Waals surface area contributed by atoms with E-state index in [1.165, 1.54) is 0 Å². The smallest absolute Gasteiger partial charge is 0.319 e. The van der Waals surface area contributed by atoms with Gasteiger partial charge in [-0.1, -0.05) is 13.8 Å². The molecule has 1 saturated heterocycles. The Bertz CT molecular complexity index is 323. The predicted molar refractivity (Wildman–Crippen MR) is 74.6 cm³/mol. The largest absolute Gasteiger partial charge is 0.339 e. The second-order valence-electron chi connectivity index (χ2n) is 5.58. The van der Waals surface area contributed by atoms with Crippen molar-refractivity contribution in [2.75, 3.05) is 46.8 Å². The van der Waals surface area contributed by atoms with E-state index in [2.05, 4.69) is 0 Å². The third kappa shape index (κ3) is 3.83. The van der Waals surface area contributed by atoms with Crippen LogP contribution in [0, 0.1) is 11.8 Å². The van der Waals surface area contributed by atoms with Gasteiger partial charge < -0.3 is 20.4 Å². The maximum atomic E-state index is 12.3. The van der Waals surface area contributed by atoms with Gasteiger partial charge in [-0.25, -0.2) is 4.79 Å². The Morgan fingerprint density at radius 3 is 1.95 bits per heavy atom. The minimum Gasteiger partial charge on any atom is -0.339 e. The molecule has 1 rings (SSSR count). The average molecular weight is 270 g/mol. The van der Waals surface area contributed by atoms with Crippen LogP contribution >= 0.6 is 0 Å². The molecule has 19 heavy (non-hydrogen) atoms. The molecule has 110 valence electrons. The molecule has 0 aromatic carbocycles. The van der Waals surface area contributed by atoms with Gasteiger partial charge in [0, 0.05) is 46.8 Å². The van der Waals surface area contributed by atoms with Crippen molar-refractivity contribution >= 4 is 11.9 Å². The lowest BCUT2D eigenvalue weighted by Crippen LogP contribution is -2.54. The quantitative estimate of drug-likeness (QED) is 0.787. The topological polar surface area (TPSA) is 69.9 Å². The molecule has 6 heteroatoms. The van der Waals surface area contributed by atoms with Crippen LogP contribution in [0.2, 0.25) is 0 Å². The zero-order valence-electron chi connectivity index (χ0n) is 12.4. The van der Waals surface area contributed by atoms with Gasteiger partial charge >= 0.3 is 6.03 Å². The summed E-state index contributed by atoms with van der Waals surface area (Å²) >= 11 is 0. The second kappa shape index (κ2) is 6.75. The molecule has 0 aliphatic carbocycles. The van der Waals surface area contributed by atoms with Crippen molar-refractivity contribution in [2.45, 2.75) is 13.8 Å². The molecule has 3 amide bonds. The molecule has 1 aliphatic heterocycles. The average Bonchev–Trinajstić information content (AvgIpc) is 2.38. The van der Waals surface area contributed by atoms with Crippen molar-refractivity contribution in [3.63, 3.8) is 0 Å². The van der Waals surface area contributed by atoms with Crippen molar-refractivity contribution in [1.29, 1.82) is 0 Å². The van der Waals surface area contributed by atoms with Gasteiger partial charge in [0.15, 0.2) is 0 Å². The fourth-order valence-corrected chi connectivity index (χ4v) is 2.29. The maximum Gasteiger partial charge on any atom is 0.319 e. The molecule has 0 aromatic rings. The highest BCUT2D eigenvalue weighted by atomic mass is 16.2. The molecular weight excluding hydrogens is 244 g/mol. The summed E-state index contributed by atoms with van der Waals surface area (Å²) < 4.78 is 0. The number of carbonyl (C=O) groups is 2. The molecule has 0 spiro atoms. The van der Waals surface area contributed by atoms with E-state index in [-0.39, 0.29) is 23.8 Å². The normalized spacial score (nSPS) is 17.6. The highest BCUT2D eigenvalue weighted by Gasteiger charge is 2.29. The molecule has 0 bridgehead atoms. The first kappa shape index (κ1) is 15.8. The lowest BCUT2D eigenvalue weighted by Gasteiger charge is -2.37. The number of nitrogens with zero attached hydrogens (tertiary/aromatic N) is 3. The molecule has 1 atom stereocenters. The summed E-state index contributed by atoms with van der Waals surface area (Å²) in [6.07, 6.45) is 0. The van der Waals surface area contributed by atoms with Gasteiger partial charge in [0.05, 0.1) is 5.92 Å². The van der Waals surface area contributed by atoms with Gasteiger partial charge in [0.1, 0.15) is 0 Å². The zero-order valence-corrected chi connectivity index (χ0v) is 12.4. The first-order valence-corrected chi connectivity index (χ1v) is 6.83. The van der Waals surface area contributed by atoms with Gasteiger partial charge in [0.25, 0.3) is 0 Å². The van der Waals surface area contributed by atoms with Gasteiger partial charge in [0.2, 0.25) is 5.91 Å². The number of nitrogens with two attached hydrogens (primary N) is 1. The van der Waals surface area contributed by atoms with Crippen molar-refractivity contribution in [1.82, 2.24) is 14.7 Å². The van der Waals surface area contributed by atoms with Crippen molar-refractivity contribution < 1.29 is 9.59 Å². The van der Waals surface area contributed by atoms with Gasteiger partial charge in [-0.05, 0) is 5.92 Å². The lowest BCUT2D eigenvalue weighted by molar-refractivity contribution is -0.138. The number of piperazine rings is 1. The number of hydrogen-bond acceptors (Lipinski definition) is 3. The maximum absolute atomic E-state index is 12.3. The van der Waals surface area contributed by atoms with Crippen LogP contribution in [0.15, 0.2) is 0 Å². The Kier molecular flexibility index (Phi) is 5.60. The van der Waals surface area contributed by atoms with E-state index in [4.69, 9.17) is 5.73 Å². The van der Waals surface area contributed by atoms with Crippen molar-refractivity contribution in [3.8, 4) is 0 Å². The lowest BCUT2D eigenvalue weighted by atomic mass is 9.94. The third-order valence-corrected chi connectivity index (χ3v) is 3.62. The Balaban J connectivity index is 2.54. The van der Waals surface area contributed by atoms with Crippen LogP contribution in [-0.2, 0) is 4.79 Å². The summed E-state index contributed by atoms with van der Waals surface area (Å²) in [5.41, 5.74) is 5.68. The Hall–Kier alpha value is -1.30. The molecular formula is C13H26N4O2. The van der Waals surface area contributed by atoms with Crippen LogP contribution in [0.5, 0.6) is 0 Å². The number of hydrogen-bond donors (Lipinski definition) is 1. The summed E-state index contributed by atoms with van der Waals surface area (Å²) in [5, 5.41) is 0. The Labute approximate surface area is 115 Å². The summed E-state index contributed by atoms with van der Waals surface area (Å²) in [4.78, 5) is 29.3. The van der Waals surface area contributed by atoms with Crippen molar-refractivity contribution in [3.05, 3.63) is 0 Å². The minimum atomic E-state index is -0.115. The molecule has 1 heterocycles. The number of urea groups is 1. The molecule has 0 saturated carbocycles. The van der Waals surface area contributed by atoms with E-state index in [0.717, 1.165) is 0 Å². The summed E-state index contributed by atoms with van der Waals surface area (Å²) in [7, 11) is 3.48. The molecule has 1 fully saturated rings. The highest BCUT2D eigenvalue weighted by molar-refractivity contribution is 5.80. The van der Waals surface area contributed by atoms with Crippen LogP contribution < -0.4 is 5.73 Å². The fraction of sp³-hybridized carbons (Fsp3) is 0.846. The van der Waals surface area contributed by atoms with E-state index < -0.39 is 0 Å². The summed E-state index contributed by atoms with van der Waals surface area (Å²) in [5.74, 6) is 0.254.